The van der Waals surface area contributed by atoms with Gasteiger partial charge in [0.1, 0.15) is 17.2 Å². The minimum Gasteiger partial charge on any atom is -0.494 e. The Hall–Kier alpha value is -3.93. The van der Waals surface area contributed by atoms with Crippen LogP contribution in [0.1, 0.15) is 153 Å². The van der Waals surface area contributed by atoms with E-state index in [0.717, 1.165) is 90.6 Å². The number of unbranched alkanes of at least 4 members (excludes halogenated alkanes) is 3. The van der Waals surface area contributed by atoms with E-state index in [-0.39, 0.29) is 5.78 Å². The summed E-state index contributed by atoms with van der Waals surface area (Å²) >= 11 is 0. The molecule has 6 heteroatoms. The third-order valence-electron chi connectivity index (χ3n) is 16.2. The van der Waals surface area contributed by atoms with Crippen LogP contribution < -0.4 is 25.7 Å². The lowest BCUT2D eigenvalue weighted by Crippen LogP contribution is -2.54. The van der Waals surface area contributed by atoms with Crippen molar-refractivity contribution < 1.29 is 19.0 Å². The molecule has 0 saturated heterocycles. The van der Waals surface area contributed by atoms with Crippen molar-refractivity contribution in [3.63, 3.8) is 0 Å². The number of allylic oxidation sites excluding steroid dienone is 1. The van der Waals surface area contributed by atoms with Crippen LogP contribution in [0.2, 0.25) is 0 Å². The average molecular weight is 817 g/mol. The van der Waals surface area contributed by atoms with E-state index in [1.165, 1.54) is 70.6 Å². The van der Waals surface area contributed by atoms with Crippen LogP contribution >= 0.6 is 0 Å². The molecule has 2 unspecified atom stereocenters. The highest BCUT2D eigenvalue weighted by Gasteiger charge is 2.60. The summed E-state index contributed by atoms with van der Waals surface area (Å²) in [6, 6.07) is 21.1. The molecule has 0 spiro atoms. The summed E-state index contributed by atoms with van der Waals surface area (Å²) in [6.45, 7) is 14.0. The van der Waals surface area contributed by atoms with Gasteiger partial charge in [0, 0.05) is 11.3 Å². The quantitative estimate of drug-likeness (QED) is 0.0541. The molecule has 7 rings (SSSR count). The first-order chi connectivity index (χ1) is 28.9. The van der Waals surface area contributed by atoms with Crippen LogP contribution in [-0.2, 0) is 0 Å². The number of ketones is 1. The van der Waals surface area contributed by atoms with E-state index >= 15 is 0 Å². The van der Waals surface area contributed by atoms with Gasteiger partial charge >= 0.3 is 0 Å². The topological polar surface area (TPSA) is 96.8 Å². The van der Waals surface area contributed by atoms with Crippen LogP contribution in [0.25, 0.3) is 6.08 Å². The Labute approximate surface area is 362 Å². The molecule has 4 aliphatic rings. The summed E-state index contributed by atoms with van der Waals surface area (Å²) in [5, 5.41) is 0. The van der Waals surface area contributed by atoms with E-state index in [0.29, 0.717) is 52.8 Å². The minimum atomic E-state index is -0.0215. The Morgan fingerprint density at radius 3 is 2.17 bits per heavy atom. The first-order valence-electron chi connectivity index (χ1n) is 23.9. The van der Waals surface area contributed by atoms with E-state index in [9.17, 15) is 4.79 Å². The molecule has 3 aromatic carbocycles. The van der Waals surface area contributed by atoms with E-state index < -0.39 is 0 Å². The SMILES string of the molecule is CC(C)CCC[C@@H](C)[C@H]1CC[C@H]2[C@@H]3CCC4CC(Oc5ccc(C=CC(=O)c6ccc(OCCCCCCOc7ccc(N)cc7N)cc6)cc5)CC[C@]4(C)[C@H]3CC[C@]12C. The molecule has 0 heterocycles. The van der Waals surface area contributed by atoms with Crippen LogP contribution in [0, 0.1) is 52.3 Å². The summed E-state index contributed by atoms with van der Waals surface area (Å²) < 4.78 is 18.4. The van der Waals surface area contributed by atoms with E-state index in [2.05, 4.69) is 58.9 Å². The number of carbonyl (C=O) groups excluding carboxylic acids is 1. The number of nitrogen functional groups attached to an aromatic ring is 2. The molecule has 9 atom stereocenters. The van der Waals surface area contributed by atoms with Gasteiger partial charge in [-0.2, -0.15) is 0 Å². The van der Waals surface area contributed by atoms with Crippen molar-refractivity contribution in [2.45, 2.75) is 143 Å². The molecule has 326 valence electrons. The van der Waals surface area contributed by atoms with Crippen molar-refractivity contribution in [1.82, 2.24) is 0 Å². The monoisotopic (exact) mass is 817 g/mol. The number of fused-ring (bicyclic) bond motifs is 5. The normalized spacial score (nSPS) is 29.1. The standard InChI is InChI=1S/C54H76N2O4/c1-37(2)11-10-12-38(3)47-25-26-48-46-24-18-41-35-45(29-31-53(41,4)49(46)30-32-54(47,48)5)60-44-20-13-39(14-21-44)15-27-51(57)40-16-22-43(23-17-40)58-33-8-6-7-9-34-59-52-28-19-42(55)36-50(52)56/h13-17,19-23,27-28,36-38,41,45-49H,6-12,18,24-26,29-35,55-56H2,1-5H3/t38-,41?,45?,46+,47-,48+,49+,53+,54-/m1/s1. The summed E-state index contributed by atoms with van der Waals surface area (Å²) in [5.41, 5.74) is 15.6. The zero-order chi connectivity index (χ0) is 42.3. The molecular weight excluding hydrogens is 741 g/mol. The maximum Gasteiger partial charge on any atom is 0.185 e. The maximum atomic E-state index is 13.0. The number of rotatable bonds is 19. The second-order valence-corrected chi connectivity index (χ2v) is 20.4. The first-order valence-corrected chi connectivity index (χ1v) is 23.9. The zero-order valence-corrected chi connectivity index (χ0v) is 37.6. The number of benzene rings is 3. The average Bonchev–Trinajstić information content (AvgIpc) is 3.59. The van der Waals surface area contributed by atoms with Crippen molar-refractivity contribution in [2.24, 2.45) is 52.3 Å². The first kappa shape index (κ1) is 44.1. The number of hydrogen-bond acceptors (Lipinski definition) is 6. The molecule has 4 aliphatic carbocycles. The lowest BCUT2D eigenvalue weighted by Gasteiger charge is -2.61. The van der Waals surface area contributed by atoms with Crippen molar-refractivity contribution >= 4 is 23.2 Å². The molecule has 0 aromatic heterocycles. The maximum absolute atomic E-state index is 13.0. The fraction of sp³-hybridized carbons (Fsp3) is 0.611. The fourth-order valence-electron chi connectivity index (χ4n) is 12.8. The largest absolute Gasteiger partial charge is 0.494 e. The summed E-state index contributed by atoms with van der Waals surface area (Å²) in [6.07, 6.45) is 24.4. The van der Waals surface area contributed by atoms with Gasteiger partial charge in [-0.15, -0.1) is 0 Å². The Morgan fingerprint density at radius 2 is 1.43 bits per heavy atom. The second kappa shape index (κ2) is 19.8. The lowest BCUT2D eigenvalue weighted by atomic mass is 9.44. The molecule has 0 aliphatic heterocycles. The molecule has 60 heavy (non-hydrogen) atoms. The highest BCUT2D eigenvalue weighted by Crippen LogP contribution is 2.68. The van der Waals surface area contributed by atoms with Gasteiger partial charge < -0.3 is 25.7 Å². The Morgan fingerprint density at radius 1 is 0.733 bits per heavy atom. The Bertz CT molecular complexity index is 1870. The van der Waals surface area contributed by atoms with E-state index in [1.54, 1.807) is 18.2 Å². The third kappa shape index (κ3) is 10.4. The molecule has 4 saturated carbocycles. The zero-order valence-electron chi connectivity index (χ0n) is 37.6. The Kier molecular flexibility index (Phi) is 14.6. The molecule has 4 N–H and O–H groups in total. The lowest BCUT2D eigenvalue weighted by molar-refractivity contribution is -0.126. The minimum absolute atomic E-state index is 0.0215. The van der Waals surface area contributed by atoms with Crippen LogP contribution in [0.3, 0.4) is 0 Å². The fourth-order valence-corrected chi connectivity index (χ4v) is 12.8. The molecule has 0 bridgehead atoms. The molecule has 3 aromatic rings. The van der Waals surface area contributed by atoms with Gasteiger partial charge in [0.05, 0.1) is 25.0 Å². The van der Waals surface area contributed by atoms with Gasteiger partial charge in [0.2, 0.25) is 0 Å². The number of anilines is 2. The highest BCUT2D eigenvalue weighted by atomic mass is 16.5. The predicted molar refractivity (Wildman–Crippen MR) is 248 cm³/mol. The van der Waals surface area contributed by atoms with Crippen molar-refractivity contribution in [3.8, 4) is 17.2 Å². The van der Waals surface area contributed by atoms with Crippen molar-refractivity contribution in [1.29, 1.82) is 0 Å². The van der Waals surface area contributed by atoms with Gasteiger partial charge in [-0.05, 0) is 202 Å². The second-order valence-electron chi connectivity index (χ2n) is 20.4. The van der Waals surface area contributed by atoms with Gasteiger partial charge in [-0.3, -0.25) is 4.79 Å². The van der Waals surface area contributed by atoms with Crippen molar-refractivity contribution in [3.05, 3.63) is 83.9 Å². The predicted octanol–water partition coefficient (Wildman–Crippen LogP) is 13.6. The van der Waals surface area contributed by atoms with Crippen LogP contribution in [0.5, 0.6) is 17.2 Å². The smallest absolute Gasteiger partial charge is 0.185 e. The molecule has 4 fully saturated rings. The summed E-state index contributed by atoms with van der Waals surface area (Å²) in [5.74, 6) is 8.56. The number of hydrogen-bond donors (Lipinski definition) is 2. The van der Waals surface area contributed by atoms with Crippen LogP contribution in [-0.4, -0.2) is 25.1 Å². The van der Waals surface area contributed by atoms with Crippen LogP contribution in [0.4, 0.5) is 11.4 Å². The summed E-state index contributed by atoms with van der Waals surface area (Å²) in [4.78, 5) is 13.0. The van der Waals surface area contributed by atoms with E-state index in [4.69, 9.17) is 25.7 Å². The number of carbonyl (C=O) groups is 1. The van der Waals surface area contributed by atoms with Gasteiger partial charge in [0.15, 0.2) is 5.78 Å². The number of ether oxygens (including phenoxy) is 3. The van der Waals surface area contributed by atoms with Gasteiger partial charge in [-0.1, -0.05) is 72.1 Å². The molecular formula is C54H76N2O4. The van der Waals surface area contributed by atoms with Gasteiger partial charge in [-0.25, -0.2) is 0 Å². The third-order valence-corrected chi connectivity index (χ3v) is 16.2. The van der Waals surface area contributed by atoms with E-state index in [1.807, 2.05) is 36.4 Å². The summed E-state index contributed by atoms with van der Waals surface area (Å²) in [7, 11) is 0. The number of nitrogens with two attached hydrogens (primary N) is 2. The highest BCUT2D eigenvalue weighted by molar-refractivity contribution is 6.06. The molecule has 0 amide bonds. The molecule has 6 nitrogen and oxygen atoms in total. The van der Waals surface area contributed by atoms with Gasteiger partial charge in [0.25, 0.3) is 0 Å². The molecule has 0 radical (unpaired) electrons. The Balaban J connectivity index is 0.810. The van der Waals surface area contributed by atoms with Crippen LogP contribution in [0.15, 0.2) is 72.8 Å². The van der Waals surface area contributed by atoms with Crippen molar-refractivity contribution in [2.75, 3.05) is 24.7 Å².